The molecule has 2 N–H and O–H groups in total. The molecule has 1 aromatic rings. The second-order valence-corrected chi connectivity index (χ2v) is 6.21. The van der Waals surface area contributed by atoms with Crippen LogP contribution in [0.1, 0.15) is 30.7 Å². The molecule has 1 spiro atoms. The largest absolute Gasteiger partial charge is 0.481 e. The normalized spacial score (nSPS) is 23.6. The van der Waals surface area contributed by atoms with Crippen molar-refractivity contribution in [2.75, 3.05) is 18.0 Å². The molecule has 118 valence electrons. The van der Waals surface area contributed by atoms with Crippen molar-refractivity contribution in [1.29, 1.82) is 0 Å². The van der Waals surface area contributed by atoms with Gasteiger partial charge in [0.2, 0.25) is 5.91 Å². The Kier molecular flexibility index (Phi) is 3.50. The zero-order chi connectivity index (χ0) is 15.9. The van der Waals surface area contributed by atoms with Crippen molar-refractivity contribution in [3.05, 3.63) is 17.6 Å². The Morgan fingerprint density at radius 2 is 2.09 bits per heavy atom. The molecule has 1 amide bonds. The van der Waals surface area contributed by atoms with E-state index in [1.165, 1.54) is 0 Å². The van der Waals surface area contributed by atoms with E-state index in [9.17, 15) is 14.7 Å². The highest BCUT2D eigenvalue weighted by Crippen LogP contribution is 2.38. The molecule has 1 atom stereocenters. The van der Waals surface area contributed by atoms with Gasteiger partial charge in [-0.1, -0.05) is 0 Å². The van der Waals surface area contributed by atoms with Gasteiger partial charge in [-0.05, 0) is 26.7 Å². The fourth-order valence-electron chi connectivity index (χ4n) is 3.55. The number of hydrogen-bond acceptors (Lipinski definition) is 5. The molecule has 2 aliphatic rings. The number of rotatable bonds is 2. The maximum absolute atomic E-state index is 11.7. The minimum Gasteiger partial charge on any atom is -0.481 e. The van der Waals surface area contributed by atoms with Crippen LogP contribution < -0.4 is 10.2 Å². The minimum atomic E-state index is -0.888. The lowest BCUT2D eigenvalue weighted by Crippen LogP contribution is -2.56. The molecule has 7 heteroatoms. The smallest absolute Gasteiger partial charge is 0.309 e. The van der Waals surface area contributed by atoms with E-state index in [2.05, 4.69) is 20.2 Å². The Hall–Kier alpha value is -2.18. The zero-order valence-corrected chi connectivity index (χ0v) is 12.8. The van der Waals surface area contributed by atoms with Gasteiger partial charge in [-0.25, -0.2) is 9.97 Å². The van der Waals surface area contributed by atoms with Gasteiger partial charge in [0.05, 0.1) is 11.5 Å². The minimum absolute atomic E-state index is 0.0843. The maximum Gasteiger partial charge on any atom is 0.309 e. The molecule has 2 fully saturated rings. The number of hydrogen-bond donors (Lipinski definition) is 2. The van der Waals surface area contributed by atoms with Gasteiger partial charge in [0, 0.05) is 31.3 Å². The van der Waals surface area contributed by atoms with E-state index in [1.807, 2.05) is 13.8 Å². The van der Waals surface area contributed by atoms with E-state index in [0.29, 0.717) is 25.9 Å². The molecule has 7 nitrogen and oxygen atoms in total. The Morgan fingerprint density at radius 3 is 2.73 bits per heavy atom. The van der Waals surface area contributed by atoms with Crippen LogP contribution in [0.4, 0.5) is 5.82 Å². The summed E-state index contributed by atoms with van der Waals surface area (Å²) in [7, 11) is 0. The monoisotopic (exact) mass is 304 g/mol. The van der Waals surface area contributed by atoms with Crippen molar-refractivity contribution in [3.8, 4) is 0 Å². The van der Waals surface area contributed by atoms with Crippen LogP contribution in [0.5, 0.6) is 0 Å². The molecule has 0 aliphatic carbocycles. The molecule has 0 saturated carbocycles. The number of nitrogens with one attached hydrogen (secondary N) is 1. The molecule has 3 heterocycles. The van der Waals surface area contributed by atoms with E-state index >= 15 is 0 Å². The van der Waals surface area contributed by atoms with Crippen LogP contribution in [-0.2, 0) is 9.59 Å². The van der Waals surface area contributed by atoms with Crippen molar-refractivity contribution in [1.82, 2.24) is 15.3 Å². The van der Waals surface area contributed by atoms with Gasteiger partial charge < -0.3 is 15.3 Å². The second-order valence-electron chi connectivity index (χ2n) is 6.21. The lowest BCUT2D eigenvalue weighted by molar-refractivity contribution is -0.144. The summed E-state index contributed by atoms with van der Waals surface area (Å²) in [6.45, 7) is 5.19. The summed E-state index contributed by atoms with van der Waals surface area (Å²) in [6.07, 6.45) is 3.14. The first-order valence-electron chi connectivity index (χ1n) is 7.50. The van der Waals surface area contributed by atoms with Gasteiger partial charge >= 0.3 is 5.97 Å². The Bertz CT molecular complexity index is 623. The summed E-state index contributed by atoms with van der Waals surface area (Å²) in [6, 6.07) is 0. The van der Waals surface area contributed by atoms with Crippen LogP contribution in [0.25, 0.3) is 0 Å². The number of aliphatic carboxylic acids is 1. The van der Waals surface area contributed by atoms with E-state index in [-0.39, 0.29) is 12.3 Å². The van der Waals surface area contributed by atoms with Gasteiger partial charge in [0.1, 0.15) is 11.6 Å². The fourth-order valence-corrected chi connectivity index (χ4v) is 3.55. The summed E-state index contributed by atoms with van der Waals surface area (Å²) in [5.41, 5.74) is 0.404. The summed E-state index contributed by atoms with van der Waals surface area (Å²) in [5, 5.41) is 12.3. The van der Waals surface area contributed by atoms with E-state index < -0.39 is 17.4 Å². The molecule has 0 bridgehead atoms. The van der Waals surface area contributed by atoms with Gasteiger partial charge in [-0.2, -0.15) is 0 Å². The van der Waals surface area contributed by atoms with E-state index in [1.54, 1.807) is 6.20 Å². The van der Waals surface area contributed by atoms with Crippen LogP contribution in [0, 0.1) is 19.8 Å². The number of carboxylic acid groups (broad SMARTS) is 1. The highest BCUT2D eigenvalue weighted by Gasteiger charge is 2.51. The van der Waals surface area contributed by atoms with Crippen molar-refractivity contribution in [2.24, 2.45) is 5.92 Å². The number of piperidine rings is 1. The number of aryl methyl sites for hydroxylation is 2. The number of aromatic nitrogens is 2. The molecule has 0 unspecified atom stereocenters. The Morgan fingerprint density at radius 1 is 1.41 bits per heavy atom. The first kappa shape index (κ1) is 14.7. The number of amides is 1. The predicted octanol–water partition coefficient (Wildman–Crippen LogP) is 0.653. The lowest BCUT2D eigenvalue weighted by atomic mass is 9.77. The van der Waals surface area contributed by atoms with Gasteiger partial charge in [-0.15, -0.1) is 0 Å². The molecule has 0 radical (unpaired) electrons. The van der Waals surface area contributed by atoms with Crippen molar-refractivity contribution in [2.45, 2.75) is 38.6 Å². The lowest BCUT2D eigenvalue weighted by Gasteiger charge is -2.42. The van der Waals surface area contributed by atoms with E-state index in [0.717, 1.165) is 17.2 Å². The van der Waals surface area contributed by atoms with Gasteiger partial charge in [-0.3, -0.25) is 9.59 Å². The van der Waals surface area contributed by atoms with Crippen LogP contribution in [-0.4, -0.2) is 45.6 Å². The Balaban J connectivity index is 1.79. The highest BCUT2D eigenvalue weighted by atomic mass is 16.4. The average Bonchev–Trinajstić information content (AvgIpc) is 2.79. The topological polar surface area (TPSA) is 95.4 Å². The summed E-state index contributed by atoms with van der Waals surface area (Å²) >= 11 is 0. The van der Waals surface area contributed by atoms with E-state index in [4.69, 9.17) is 0 Å². The molecule has 22 heavy (non-hydrogen) atoms. The van der Waals surface area contributed by atoms with Crippen LogP contribution in [0.15, 0.2) is 6.20 Å². The third kappa shape index (κ3) is 2.40. The molecule has 3 rings (SSSR count). The maximum atomic E-state index is 11.7. The fraction of sp³-hybridized carbons (Fsp3) is 0.600. The zero-order valence-electron chi connectivity index (χ0n) is 12.8. The van der Waals surface area contributed by atoms with Crippen LogP contribution >= 0.6 is 0 Å². The molecule has 0 aromatic carbocycles. The predicted molar refractivity (Wildman–Crippen MR) is 79.6 cm³/mol. The van der Waals surface area contributed by atoms with Gasteiger partial charge in [0.15, 0.2) is 0 Å². The molecular weight excluding hydrogens is 284 g/mol. The van der Waals surface area contributed by atoms with Crippen molar-refractivity contribution >= 4 is 17.7 Å². The third-order valence-electron chi connectivity index (χ3n) is 4.76. The SMILES string of the molecule is Cc1ncc(C)c(N2CCC3(CC2)NC(=O)C[C@@H]3C(=O)O)n1. The first-order valence-corrected chi connectivity index (χ1v) is 7.50. The first-order chi connectivity index (χ1) is 10.4. The quantitative estimate of drug-likeness (QED) is 0.833. The number of nitrogens with zero attached hydrogens (tertiary/aromatic N) is 3. The molecule has 2 aliphatic heterocycles. The standard InChI is InChI=1S/C15H20N4O3/c1-9-8-16-10(2)17-13(9)19-5-3-15(4-6-19)11(14(21)22)7-12(20)18-15/h8,11H,3-7H2,1-2H3,(H,18,20)(H,21,22)/t11-/m1/s1. The van der Waals surface area contributed by atoms with Crippen molar-refractivity contribution < 1.29 is 14.7 Å². The number of carboxylic acids is 1. The highest BCUT2D eigenvalue weighted by molar-refractivity contribution is 5.88. The summed E-state index contributed by atoms with van der Waals surface area (Å²) in [4.78, 5) is 33.9. The van der Waals surface area contributed by atoms with Crippen molar-refractivity contribution in [3.63, 3.8) is 0 Å². The second kappa shape index (κ2) is 5.23. The van der Waals surface area contributed by atoms with Crippen LogP contribution in [0.3, 0.4) is 0 Å². The number of carbonyl (C=O) groups excluding carboxylic acids is 1. The molecule has 2 saturated heterocycles. The van der Waals surface area contributed by atoms with Crippen LogP contribution in [0.2, 0.25) is 0 Å². The third-order valence-corrected chi connectivity index (χ3v) is 4.76. The molecular formula is C15H20N4O3. The Labute approximate surface area is 128 Å². The van der Waals surface area contributed by atoms with Gasteiger partial charge in [0.25, 0.3) is 0 Å². The summed E-state index contributed by atoms with van der Waals surface area (Å²) < 4.78 is 0. The summed E-state index contributed by atoms with van der Waals surface area (Å²) in [5.74, 6) is -0.0526. The molecule has 1 aromatic heterocycles. The average molecular weight is 304 g/mol. The number of anilines is 1. The number of carbonyl (C=O) groups is 2.